The fraction of sp³-hybridized carbons (Fsp3) is 0.600. The summed E-state index contributed by atoms with van der Waals surface area (Å²) in [5, 5.41) is 4.68. The highest BCUT2D eigenvalue weighted by Crippen LogP contribution is 2.39. The molecule has 1 heterocycles. The summed E-state index contributed by atoms with van der Waals surface area (Å²) in [6.07, 6.45) is 3.77. The van der Waals surface area contributed by atoms with Crippen LogP contribution < -0.4 is 5.32 Å². The second-order valence-corrected chi connectivity index (χ2v) is 6.17. The molecule has 1 saturated heterocycles. The second-order valence-electron chi connectivity index (χ2n) is 5.38. The molecule has 0 amide bonds. The molecule has 1 aliphatic rings. The van der Waals surface area contributed by atoms with Crippen LogP contribution in [-0.2, 0) is 0 Å². The van der Waals surface area contributed by atoms with Crippen LogP contribution in [0.5, 0.6) is 0 Å². The minimum absolute atomic E-state index is 0.348. The molecule has 0 radical (unpaired) electrons. The van der Waals surface area contributed by atoms with Gasteiger partial charge in [0.2, 0.25) is 0 Å². The highest BCUT2D eigenvalue weighted by molar-refractivity contribution is 6.42. The lowest BCUT2D eigenvalue weighted by Crippen LogP contribution is -2.34. The quantitative estimate of drug-likeness (QED) is 0.908. The first kappa shape index (κ1) is 15.1. The molecular weight excluding hydrogens is 279 g/mol. The van der Waals surface area contributed by atoms with Crippen molar-refractivity contribution in [2.75, 3.05) is 27.2 Å². The van der Waals surface area contributed by atoms with Gasteiger partial charge in [-0.25, -0.2) is 0 Å². The Hall–Kier alpha value is -0.280. The van der Waals surface area contributed by atoms with Crippen LogP contribution in [0.15, 0.2) is 18.2 Å². The predicted molar refractivity (Wildman–Crippen MR) is 83.1 cm³/mol. The molecule has 1 aromatic rings. The van der Waals surface area contributed by atoms with Gasteiger partial charge in [0.1, 0.15) is 0 Å². The molecule has 19 heavy (non-hydrogen) atoms. The minimum Gasteiger partial charge on any atom is -0.319 e. The lowest BCUT2D eigenvalue weighted by Gasteiger charge is -2.33. The van der Waals surface area contributed by atoms with Crippen LogP contribution in [0.2, 0.25) is 10.0 Å². The van der Waals surface area contributed by atoms with Gasteiger partial charge in [0.15, 0.2) is 0 Å². The lowest BCUT2D eigenvalue weighted by atomic mass is 9.89. The number of halogens is 2. The maximum Gasteiger partial charge on any atom is 0.0640 e. The maximum absolute atomic E-state index is 6.43. The van der Waals surface area contributed by atoms with E-state index in [-0.39, 0.29) is 0 Å². The van der Waals surface area contributed by atoms with E-state index in [2.05, 4.69) is 23.3 Å². The third-order valence-corrected chi connectivity index (χ3v) is 4.86. The van der Waals surface area contributed by atoms with E-state index in [0.717, 1.165) is 13.1 Å². The van der Waals surface area contributed by atoms with Gasteiger partial charge in [0.25, 0.3) is 0 Å². The monoisotopic (exact) mass is 300 g/mol. The summed E-state index contributed by atoms with van der Waals surface area (Å²) in [7, 11) is 4.21. The Morgan fingerprint density at radius 2 is 2.11 bits per heavy atom. The van der Waals surface area contributed by atoms with Crippen molar-refractivity contribution < 1.29 is 0 Å². The fourth-order valence-electron chi connectivity index (χ4n) is 3.14. The first-order valence-corrected chi connectivity index (χ1v) is 7.69. The molecule has 0 aromatic heterocycles. The maximum atomic E-state index is 6.43. The van der Waals surface area contributed by atoms with E-state index in [1.54, 1.807) is 0 Å². The largest absolute Gasteiger partial charge is 0.319 e. The molecule has 1 aromatic carbocycles. The third-order valence-electron chi connectivity index (χ3n) is 4.02. The highest BCUT2D eigenvalue weighted by atomic mass is 35.5. The first-order chi connectivity index (χ1) is 9.15. The van der Waals surface area contributed by atoms with Crippen molar-refractivity contribution in [3.8, 4) is 0 Å². The Labute approximate surface area is 126 Å². The topological polar surface area (TPSA) is 15.3 Å². The van der Waals surface area contributed by atoms with Crippen molar-refractivity contribution in [3.63, 3.8) is 0 Å². The minimum atomic E-state index is 0.348. The van der Waals surface area contributed by atoms with Gasteiger partial charge >= 0.3 is 0 Å². The van der Waals surface area contributed by atoms with E-state index in [1.165, 1.54) is 24.8 Å². The zero-order valence-electron chi connectivity index (χ0n) is 11.6. The lowest BCUT2D eigenvalue weighted by molar-refractivity contribution is 0.191. The van der Waals surface area contributed by atoms with E-state index in [4.69, 9.17) is 23.2 Å². The van der Waals surface area contributed by atoms with E-state index in [9.17, 15) is 0 Å². The summed E-state index contributed by atoms with van der Waals surface area (Å²) in [6.45, 7) is 2.13. The zero-order chi connectivity index (χ0) is 13.8. The summed E-state index contributed by atoms with van der Waals surface area (Å²) >= 11 is 12.6. The molecule has 0 saturated carbocycles. The van der Waals surface area contributed by atoms with Crippen LogP contribution in [0.25, 0.3) is 0 Å². The molecule has 106 valence electrons. The number of rotatable bonds is 3. The fourth-order valence-corrected chi connectivity index (χ4v) is 3.56. The van der Waals surface area contributed by atoms with E-state index < -0.39 is 0 Å². The molecule has 2 rings (SSSR count). The number of nitrogens with one attached hydrogen (secondary N) is 1. The van der Waals surface area contributed by atoms with Gasteiger partial charge in [0, 0.05) is 6.04 Å². The Kier molecular flexibility index (Phi) is 5.52. The van der Waals surface area contributed by atoms with Gasteiger partial charge in [-0.15, -0.1) is 0 Å². The van der Waals surface area contributed by atoms with Crippen LogP contribution in [0.3, 0.4) is 0 Å². The van der Waals surface area contributed by atoms with Crippen molar-refractivity contribution in [1.29, 1.82) is 0 Å². The van der Waals surface area contributed by atoms with Gasteiger partial charge in [0.05, 0.1) is 10.0 Å². The summed E-state index contributed by atoms with van der Waals surface area (Å²) in [4.78, 5) is 2.42. The number of hydrogen-bond donors (Lipinski definition) is 1. The van der Waals surface area contributed by atoms with Crippen LogP contribution in [0, 0.1) is 5.92 Å². The van der Waals surface area contributed by atoms with Crippen molar-refractivity contribution in [2.24, 2.45) is 5.92 Å². The molecule has 0 aliphatic carbocycles. The smallest absolute Gasteiger partial charge is 0.0640 e. The summed E-state index contributed by atoms with van der Waals surface area (Å²) in [6, 6.07) is 6.32. The molecule has 1 N–H and O–H groups in total. The van der Waals surface area contributed by atoms with Crippen LogP contribution in [0.4, 0.5) is 0 Å². The Bertz CT molecular complexity index is 423. The van der Waals surface area contributed by atoms with Crippen molar-refractivity contribution >= 4 is 23.2 Å². The van der Waals surface area contributed by atoms with E-state index in [1.807, 2.05) is 19.2 Å². The number of nitrogens with zero attached hydrogens (tertiary/aromatic N) is 1. The van der Waals surface area contributed by atoms with Gasteiger partial charge < -0.3 is 5.32 Å². The SMILES string of the molecule is CNCC1CCCCN(C)C1c1cccc(Cl)c1Cl. The Balaban J connectivity index is 2.37. The summed E-state index contributed by atoms with van der Waals surface area (Å²) in [5.41, 5.74) is 1.17. The zero-order valence-corrected chi connectivity index (χ0v) is 13.1. The molecule has 2 atom stereocenters. The molecule has 0 spiro atoms. The predicted octanol–water partition coefficient (Wildman–Crippen LogP) is 3.99. The highest BCUT2D eigenvalue weighted by Gasteiger charge is 2.30. The Morgan fingerprint density at radius 1 is 1.32 bits per heavy atom. The van der Waals surface area contributed by atoms with Crippen molar-refractivity contribution in [2.45, 2.75) is 25.3 Å². The number of likely N-dealkylation sites (tertiary alicyclic amines) is 1. The second kappa shape index (κ2) is 6.94. The molecule has 2 nitrogen and oxygen atoms in total. The van der Waals surface area contributed by atoms with Crippen LogP contribution in [0.1, 0.15) is 30.9 Å². The average Bonchev–Trinajstić information content (AvgIpc) is 2.56. The van der Waals surface area contributed by atoms with Gasteiger partial charge in [-0.2, -0.15) is 0 Å². The summed E-state index contributed by atoms with van der Waals surface area (Å²) < 4.78 is 0. The van der Waals surface area contributed by atoms with Gasteiger partial charge in [-0.3, -0.25) is 4.90 Å². The molecular formula is C15H22Cl2N2. The van der Waals surface area contributed by atoms with Gasteiger partial charge in [-0.05, 0) is 57.6 Å². The van der Waals surface area contributed by atoms with E-state index in [0.29, 0.717) is 22.0 Å². The standard InChI is InChI=1S/C15H22Cl2N2/c1-18-10-11-6-3-4-9-19(2)15(11)12-7-5-8-13(16)14(12)17/h5,7-8,11,15,18H,3-4,6,9-10H2,1-2H3. The van der Waals surface area contributed by atoms with Crippen molar-refractivity contribution in [1.82, 2.24) is 10.2 Å². The number of benzene rings is 1. The molecule has 2 unspecified atom stereocenters. The summed E-state index contributed by atoms with van der Waals surface area (Å²) in [5.74, 6) is 0.577. The first-order valence-electron chi connectivity index (χ1n) is 6.94. The average molecular weight is 301 g/mol. The van der Waals surface area contributed by atoms with Crippen molar-refractivity contribution in [3.05, 3.63) is 33.8 Å². The number of hydrogen-bond acceptors (Lipinski definition) is 2. The molecule has 1 aliphatic heterocycles. The molecule has 0 bridgehead atoms. The normalized spacial score (nSPS) is 25.3. The Morgan fingerprint density at radius 3 is 2.84 bits per heavy atom. The van der Waals surface area contributed by atoms with E-state index >= 15 is 0 Å². The third kappa shape index (κ3) is 3.43. The van der Waals surface area contributed by atoms with Crippen LogP contribution >= 0.6 is 23.2 Å². The van der Waals surface area contributed by atoms with Gasteiger partial charge in [-0.1, -0.05) is 41.8 Å². The molecule has 4 heteroatoms. The molecule has 1 fully saturated rings. The van der Waals surface area contributed by atoms with Crippen LogP contribution in [-0.4, -0.2) is 32.1 Å².